The summed E-state index contributed by atoms with van der Waals surface area (Å²) in [6.45, 7) is 4.76. The molecule has 2 atom stereocenters. The molecule has 0 radical (unpaired) electrons. The molecule has 5 rings (SSSR count). The summed E-state index contributed by atoms with van der Waals surface area (Å²) in [5, 5.41) is 9.97. The maximum absolute atomic E-state index is 9.97. The molecule has 2 aromatic rings. The monoisotopic (exact) mass is 265 g/mol. The molecule has 1 aromatic heterocycles. The van der Waals surface area contributed by atoms with Crippen LogP contribution in [0.2, 0.25) is 0 Å². The summed E-state index contributed by atoms with van der Waals surface area (Å²) in [5.74, 6) is 1.75. The average Bonchev–Trinajstić information content (AvgIpc) is 2.46. The van der Waals surface area contributed by atoms with Gasteiger partial charge >= 0.3 is 0 Å². The maximum atomic E-state index is 9.97. The molecular formula is C18H19NO. The first-order valence-corrected chi connectivity index (χ1v) is 7.35. The Morgan fingerprint density at radius 3 is 2.70 bits per heavy atom. The zero-order valence-electron chi connectivity index (χ0n) is 11.9. The lowest BCUT2D eigenvalue weighted by molar-refractivity contribution is 0.0170. The van der Waals surface area contributed by atoms with Crippen LogP contribution in [0.25, 0.3) is 11.3 Å². The average molecular weight is 265 g/mol. The van der Waals surface area contributed by atoms with Crippen LogP contribution in [0, 0.1) is 11.3 Å². The second kappa shape index (κ2) is 3.85. The second-order valence-corrected chi connectivity index (χ2v) is 6.76. The number of rotatable bonds is 1. The van der Waals surface area contributed by atoms with Gasteiger partial charge in [0.05, 0.1) is 5.69 Å². The predicted molar refractivity (Wildman–Crippen MR) is 79.7 cm³/mol. The largest absolute Gasteiger partial charge is 0.507 e. The molecule has 0 spiro atoms. The van der Waals surface area contributed by atoms with E-state index >= 15 is 0 Å². The topological polar surface area (TPSA) is 33.1 Å². The molecular weight excluding hydrogens is 246 g/mol. The summed E-state index contributed by atoms with van der Waals surface area (Å²) in [6.07, 6.45) is 2.40. The van der Waals surface area contributed by atoms with Crippen LogP contribution in [0.1, 0.15) is 37.4 Å². The van der Waals surface area contributed by atoms with Crippen molar-refractivity contribution in [3.05, 3.63) is 47.7 Å². The Kier molecular flexibility index (Phi) is 2.30. The molecule has 2 bridgehead atoms. The van der Waals surface area contributed by atoms with Crippen LogP contribution in [0.3, 0.4) is 0 Å². The van der Waals surface area contributed by atoms with E-state index in [0.29, 0.717) is 17.1 Å². The fraction of sp³-hybridized carbons (Fsp3) is 0.389. The van der Waals surface area contributed by atoms with Gasteiger partial charge in [0.2, 0.25) is 0 Å². The van der Waals surface area contributed by atoms with E-state index in [-0.39, 0.29) is 0 Å². The molecule has 0 saturated heterocycles. The maximum Gasteiger partial charge on any atom is 0.124 e. The lowest BCUT2D eigenvalue weighted by Crippen LogP contribution is -2.48. The first kappa shape index (κ1) is 12.0. The first-order chi connectivity index (χ1) is 9.57. The Morgan fingerprint density at radius 2 is 1.95 bits per heavy atom. The molecule has 1 heterocycles. The number of nitrogens with zero attached hydrogens (tertiary/aromatic N) is 1. The van der Waals surface area contributed by atoms with E-state index in [1.807, 2.05) is 18.2 Å². The van der Waals surface area contributed by atoms with E-state index in [1.165, 1.54) is 17.7 Å². The second-order valence-electron chi connectivity index (χ2n) is 6.76. The minimum atomic E-state index is 0.307. The highest BCUT2D eigenvalue weighted by Gasteiger charge is 2.52. The lowest BCUT2D eigenvalue weighted by atomic mass is 9.48. The summed E-state index contributed by atoms with van der Waals surface area (Å²) in [4.78, 5) is 4.83. The summed E-state index contributed by atoms with van der Waals surface area (Å²) in [5.41, 5.74) is 4.82. The van der Waals surface area contributed by atoms with Crippen LogP contribution in [-0.2, 0) is 6.42 Å². The van der Waals surface area contributed by atoms with Crippen LogP contribution in [0.5, 0.6) is 5.75 Å². The first-order valence-electron chi connectivity index (χ1n) is 7.35. The van der Waals surface area contributed by atoms with Gasteiger partial charge in [-0.1, -0.05) is 32.0 Å². The lowest BCUT2D eigenvalue weighted by Gasteiger charge is -2.56. The van der Waals surface area contributed by atoms with Crippen molar-refractivity contribution in [1.29, 1.82) is 0 Å². The van der Waals surface area contributed by atoms with Crippen LogP contribution >= 0.6 is 0 Å². The van der Waals surface area contributed by atoms with Gasteiger partial charge in [-0.3, -0.25) is 4.98 Å². The number of aromatic nitrogens is 1. The zero-order valence-corrected chi connectivity index (χ0v) is 11.9. The van der Waals surface area contributed by atoms with Gasteiger partial charge < -0.3 is 5.11 Å². The van der Waals surface area contributed by atoms with Gasteiger partial charge in [0.25, 0.3) is 0 Å². The fourth-order valence-electron chi connectivity index (χ4n) is 3.96. The van der Waals surface area contributed by atoms with Gasteiger partial charge in [0.1, 0.15) is 5.75 Å². The van der Waals surface area contributed by atoms with Crippen molar-refractivity contribution in [2.75, 3.05) is 0 Å². The summed E-state index contributed by atoms with van der Waals surface area (Å²) >= 11 is 0. The zero-order chi connectivity index (χ0) is 13.9. The van der Waals surface area contributed by atoms with Crippen molar-refractivity contribution < 1.29 is 5.11 Å². The van der Waals surface area contributed by atoms with E-state index in [2.05, 4.69) is 26.0 Å². The van der Waals surface area contributed by atoms with Gasteiger partial charge in [-0.15, -0.1) is 0 Å². The van der Waals surface area contributed by atoms with Crippen molar-refractivity contribution in [3.8, 4) is 17.0 Å². The number of phenolic OH excluding ortho intramolecular Hbond substituents is 1. The number of hydrogen-bond donors (Lipinski definition) is 1. The van der Waals surface area contributed by atoms with Crippen molar-refractivity contribution in [2.45, 2.75) is 32.6 Å². The molecule has 3 aliphatic rings. The van der Waals surface area contributed by atoms with Crippen LogP contribution < -0.4 is 0 Å². The normalized spacial score (nSPS) is 25.7. The van der Waals surface area contributed by atoms with Gasteiger partial charge in [0.15, 0.2) is 0 Å². The Hall–Kier alpha value is -1.83. The predicted octanol–water partition coefficient (Wildman–Crippen LogP) is 4.14. The van der Waals surface area contributed by atoms with E-state index in [0.717, 1.165) is 23.6 Å². The molecule has 20 heavy (non-hydrogen) atoms. The van der Waals surface area contributed by atoms with Crippen molar-refractivity contribution >= 4 is 0 Å². The SMILES string of the molecule is CC1(C)[C@@H]2Cc3nc(-c4ccccc4O)ccc3[C@H]1C2. The van der Waals surface area contributed by atoms with Gasteiger partial charge in [-0.2, -0.15) is 0 Å². The quantitative estimate of drug-likeness (QED) is 0.840. The molecule has 1 aromatic carbocycles. The van der Waals surface area contributed by atoms with Crippen molar-refractivity contribution in [2.24, 2.45) is 11.3 Å². The van der Waals surface area contributed by atoms with Crippen molar-refractivity contribution in [3.63, 3.8) is 0 Å². The fourth-order valence-corrected chi connectivity index (χ4v) is 3.96. The van der Waals surface area contributed by atoms with Crippen LogP contribution in [0.4, 0.5) is 0 Å². The van der Waals surface area contributed by atoms with Gasteiger partial charge in [-0.25, -0.2) is 0 Å². The molecule has 2 heteroatoms. The highest BCUT2D eigenvalue weighted by molar-refractivity contribution is 5.67. The third-order valence-electron chi connectivity index (χ3n) is 5.48. The number of hydrogen-bond acceptors (Lipinski definition) is 2. The highest BCUT2D eigenvalue weighted by atomic mass is 16.3. The van der Waals surface area contributed by atoms with E-state index < -0.39 is 0 Å². The standard InChI is InChI=1S/C18H19NO/c1-18(2)11-9-14(18)12-7-8-15(19-16(12)10-11)13-5-3-4-6-17(13)20/h3-8,11,14,20H,9-10H2,1-2H3/t11-,14+/m0/s1. The molecule has 3 aliphatic carbocycles. The Bertz CT molecular complexity index is 690. The Balaban J connectivity index is 1.79. The number of benzene rings is 1. The van der Waals surface area contributed by atoms with Crippen molar-refractivity contribution in [1.82, 2.24) is 4.98 Å². The molecule has 102 valence electrons. The number of para-hydroxylation sites is 1. The summed E-state index contributed by atoms with van der Waals surface area (Å²) in [7, 11) is 0. The molecule has 1 N–H and O–H groups in total. The summed E-state index contributed by atoms with van der Waals surface area (Å²) < 4.78 is 0. The number of phenols is 1. The van der Waals surface area contributed by atoms with Gasteiger partial charge in [-0.05, 0) is 53.9 Å². The van der Waals surface area contributed by atoms with E-state index in [9.17, 15) is 5.11 Å². The molecule has 0 amide bonds. The van der Waals surface area contributed by atoms with Gasteiger partial charge in [0, 0.05) is 11.3 Å². The molecule has 0 aliphatic heterocycles. The smallest absolute Gasteiger partial charge is 0.124 e. The van der Waals surface area contributed by atoms with E-state index in [4.69, 9.17) is 4.98 Å². The number of pyridine rings is 1. The molecule has 2 nitrogen and oxygen atoms in total. The van der Waals surface area contributed by atoms with Crippen LogP contribution in [0.15, 0.2) is 36.4 Å². The molecule has 1 saturated carbocycles. The number of aromatic hydroxyl groups is 1. The Labute approximate surface area is 119 Å². The molecule has 0 unspecified atom stereocenters. The third kappa shape index (κ3) is 1.48. The van der Waals surface area contributed by atoms with E-state index in [1.54, 1.807) is 6.07 Å². The minimum absolute atomic E-state index is 0.307. The minimum Gasteiger partial charge on any atom is -0.507 e. The third-order valence-corrected chi connectivity index (χ3v) is 5.48. The summed E-state index contributed by atoms with van der Waals surface area (Å²) in [6, 6.07) is 11.7. The van der Waals surface area contributed by atoms with Crippen LogP contribution in [-0.4, -0.2) is 10.1 Å². The highest BCUT2D eigenvalue weighted by Crippen LogP contribution is 2.61. The molecule has 1 fully saturated rings. The Morgan fingerprint density at radius 1 is 1.15 bits per heavy atom.